The van der Waals surface area contributed by atoms with Gasteiger partial charge in [0.25, 0.3) is 0 Å². The molecule has 1 fully saturated rings. The first-order valence-corrected chi connectivity index (χ1v) is 7.50. The summed E-state index contributed by atoms with van der Waals surface area (Å²) >= 11 is 1.44. The van der Waals surface area contributed by atoms with Crippen LogP contribution >= 0.6 is 11.8 Å². The second kappa shape index (κ2) is 6.05. The number of ketones is 1. The number of rotatable bonds is 5. The molecule has 1 saturated heterocycles. The highest BCUT2D eigenvalue weighted by Gasteiger charge is 2.46. The first-order valence-electron chi connectivity index (χ1n) is 6.45. The van der Waals surface area contributed by atoms with Gasteiger partial charge in [-0.05, 0) is 5.75 Å². The van der Waals surface area contributed by atoms with Crippen LogP contribution < -0.4 is 5.73 Å². The van der Waals surface area contributed by atoms with E-state index in [0.717, 1.165) is 10.7 Å². The van der Waals surface area contributed by atoms with E-state index in [0.29, 0.717) is 0 Å². The minimum absolute atomic E-state index is 0.0168. The maximum Gasteiger partial charge on any atom is 0.243 e. The van der Waals surface area contributed by atoms with Gasteiger partial charge in [0.2, 0.25) is 11.8 Å². The van der Waals surface area contributed by atoms with Gasteiger partial charge < -0.3 is 5.73 Å². The Hall–Kier alpha value is -0.880. The van der Waals surface area contributed by atoms with Gasteiger partial charge in [0.05, 0.1) is 5.25 Å². The van der Waals surface area contributed by atoms with Gasteiger partial charge in [-0.25, -0.2) is 0 Å². The lowest BCUT2D eigenvalue weighted by molar-refractivity contribution is -0.148. The molecule has 1 aliphatic rings. The van der Waals surface area contributed by atoms with Crippen molar-refractivity contribution in [2.24, 2.45) is 11.1 Å². The molecule has 108 valence electrons. The highest BCUT2D eigenvalue weighted by atomic mass is 32.2. The van der Waals surface area contributed by atoms with Gasteiger partial charge in [-0.2, -0.15) is 0 Å². The SMILES string of the molecule is CCSC1CC(=O)N(C(CN)C(=O)C(C)(C)C)C1=O. The highest BCUT2D eigenvalue weighted by Crippen LogP contribution is 2.29. The molecule has 2 unspecified atom stereocenters. The number of hydrogen-bond acceptors (Lipinski definition) is 5. The van der Waals surface area contributed by atoms with Crippen molar-refractivity contribution in [3.05, 3.63) is 0 Å². The lowest BCUT2D eigenvalue weighted by Gasteiger charge is -2.29. The van der Waals surface area contributed by atoms with Crippen LogP contribution in [0.15, 0.2) is 0 Å². The van der Waals surface area contributed by atoms with Gasteiger partial charge in [-0.1, -0.05) is 27.7 Å². The van der Waals surface area contributed by atoms with Crippen molar-refractivity contribution in [3.8, 4) is 0 Å². The normalized spacial score (nSPS) is 21.9. The average Bonchev–Trinajstić information content (AvgIpc) is 2.57. The van der Waals surface area contributed by atoms with E-state index in [1.54, 1.807) is 20.8 Å². The third kappa shape index (κ3) is 3.36. The Morgan fingerprint density at radius 2 is 2.05 bits per heavy atom. The Balaban J connectivity index is 2.96. The summed E-state index contributed by atoms with van der Waals surface area (Å²) < 4.78 is 0. The molecule has 19 heavy (non-hydrogen) atoms. The third-order valence-corrected chi connectivity index (χ3v) is 4.19. The van der Waals surface area contributed by atoms with Crippen LogP contribution in [-0.2, 0) is 14.4 Å². The number of carbonyl (C=O) groups is 3. The zero-order valence-electron chi connectivity index (χ0n) is 11.9. The van der Waals surface area contributed by atoms with E-state index in [1.807, 2.05) is 6.92 Å². The van der Waals surface area contributed by atoms with Crippen LogP contribution in [0, 0.1) is 5.41 Å². The molecule has 0 aromatic heterocycles. The monoisotopic (exact) mass is 286 g/mol. The number of nitrogens with zero attached hydrogens (tertiary/aromatic N) is 1. The molecule has 0 aromatic carbocycles. The summed E-state index contributed by atoms with van der Waals surface area (Å²) in [5.41, 5.74) is 5.00. The minimum atomic E-state index is -0.831. The number of amides is 2. The molecule has 6 heteroatoms. The van der Waals surface area contributed by atoms with Gasteiger partial charge in [0, 0.05) is 18.4 Å². The van der Waals surface area contributed by atoms with Gasteiger partial charge >= 0.3 is 0 Å². The number of Topliss-reactive ketones (excluding diaryl/α,β-unsaturated/α-hetero) is 1. The van der Waals surface area contributed by atoms with Gasteiger partial charge in [-0.3, -0.25) is 19.3 Å². The van der Waals surface area contributed by atoms with Crippen molar-refractivity contribution < 1.29 is 14.4 Å². The molecule has 0 aliphatic carbocycles. The van der Waals surface area contributed by atoms with Crippen LogP contribution in [0.1, 0.15) is 34.1 Å². The van der Waals surface area contributed by atoms with E-state index in [1.165, 1.54) is 11.8 Å². The van der Waals surface area contributed by atoms with Crippen LogP contribution in [0.5, 0.6) is 0 Å². The number of hydrogen-bond donors (Lipinski definition) is 1. The fraction of sp³-hybridized carbons (Fsp3) is 0.769. The Kier molecular flexibility index (Phi) is 5.15. The van der Waals surface area contributed by atoms with Crippen LogP contribution in [0.25, 0.3) is 0 Å². The molecule has 2 N–H and O–H groups in total. The molecule has 1 aliphatic heterocycles. The zero-order chi connectivity index (χ0) is 14.8. The van der Waals surface area contributed by atoms with Crippen LogP contribution in [0.2, 0.25) is 0 Å². The standard InChI is InChI=1S/C13H22N2O3S/c1-5-19-9-6-10(16)15(12(9)18)8(7-14)11(17)13(2,3)4/h8-9H,5-7,14H2,1-4H3. The smallest absolute Gasteiger partial charge is 0.243 e. The summed E-state index contributed by atoms with van der Waals surface area (Å²) in [4.78, 5) is 37.6. The largest absolute Gasteiger partial charge is 0.328 e. The average molecular weight is 286 g/mol. The molecule has 1 rings (SSSR count). The molecule has 0 saturated carbocycles. The summed E-state index contributed by atoms with van der Waals surface area (Å²) in [5.74, 6) is 0.0330. The minimum Gasteiger partial charge on any atom is -0.328 e. The first-order chi connectivity index (χ1) is 8.73. The van der Waals surface area contributed by atoms with Crippen molar-refractivity contribution in [2.75, 3.05) is 12.3 Å². The van der Waals surface area contributed by atoms with E-state index >= 15 is 0 Å². The number of carbonyl (C=O) groups excluding carboxylic acids is 3. The van der Waals surface area contributed by atoms with Gasteiger partial charge in [0.15, 0.2) is 5.78 Å². The van der Waals surface area contributed by atoms with Crippen LogP contribution in [0.4, 0.5) is 0 Å². The summed E-state index contributed by atoms with van der Waals surface area (Å²) in [5, 5.41) is -0.362. The van der Waals surface area contributed by atoms with Crippen LogP contribution in [-0.4, -0.2) is 46.1 Å². The van der Waals surface area contributed by atoms with E-state index in [2.05, 4.69) is 0 Å². The zero-order valence-corrected chi connectivity index (χ0v) is 12.8. The number of imide groups is 1. The Bertz CT molecular complexity index is 390. The molecule has 0 radical (unpaired) electrons. The number of nitrogens with two attached hydrogens (primary N) is 1. The third-order valence-electron chi connectivity index (χ3n) is 3.09. The predicted octanol–water partition coefficient (Wildman–Crippen LogP) is 0.809. The van der Waals surface area contributed by atoms with Crippen LogP contribution in [0.3, 0.4) is 0 Å². The number of likely N-dealkylation sites (tertiary alicyclic amines) is 1. The molecule has 0 spiro atoms. The Morgan fingerprint density at radius 3 is 2.47 bits per heavy atom. The molecule has 0 bridgehead atoms. The molecule has 2 amide bonds. The van der Waals surface area contributed by atoms with Crippen molar-refractivity contribution in [1.29, 1.82) is 0 Å². The quantitative estimate of drug-likeness (QED) is 0.756. The highest BCUT2D eigenvalue weighted by molar-refractivity contribution is 8.00. The fourth-order valence-electron chi connectivity index (χ4n) is 2.11. The maximum absolute atomic E-state index is 12.3. The molecule has 1 heterocycles. The first kappa shape index (κ1) is 16.2. The molecule has 2 atom stereocenters. The molecule has 5 nitrogen and oxygen atoms in total. The van der Waals surface area contributed by atoms with Crippen molar-refractivity contribution in [3.63, 3.8) is 0 Å². The van der Waals surface area contributed by atoms with E-state index < -0.39 is 11.5 Å². The van der Waals surface area contributed by atoms with Gasteiger partial charge in [-0.15, -0.1) is 11.8 Å². The maximum atomic E-state index is 12.3. The summed E-state index contributed by atoms with van der Waals surface area (Å²) in [6.45, 7) is 7.22. The second-order valence-electron chi connectivity index (χ2n) is 5.62. The molecular formula is C13H22N2O3S. The van der Waals surface area contributed by atoms with E-state index in [4.69, 9.17) is 5.73 Å². The lowest BCUT2D eigenvalue weighted by Crippen LogP contribution is -2.52. The van der Waals surface area contributed by atoms with E-state index in [9.17, 15) is 14.4 Å². The topological polar surface area (TPSA) is 80.5 Å². The Morgan fingerprint density at radius 1 is 1.47 bits per heavy atom. The van der Waals surface area contributed by atoms with Crippen molar-refractivity contribution in [2.45, 2.75) is 45.4 Å². The van der Waals surface area contributed by atoms with E-state index in [-0.39, 0.29) is 35.8 Å². The van der Waals surface area contributed by atoms with Crippen molar-refractivity contribution >= 4 is 29.4 Å². The Labute approximate surface area is 118 Å². The predicted molar refractivity (Wildman–Crippen MR) is 75.7 cm³/mol. The second-order valence-corrected chi connectivity index (χ2v) is 7.10. The molecular weight excluding hydrogens is 264 g/mol. The fourth-order valence-corrected chi connectivity index (χ4v) is 3.03. The number of thioether (sulfide) groups is 1. The molecule has 0 aromatic rings. The van der Waals surface area contributed by atoms with Gasteiger partial charge in [0.1, 0.15) is 6.04 Å². The summed E-state index contributed by atoms with van der Waals surface area (Å²) in [6, 6.07) is -0.831. The van der Waals surface area contributed by atoms with Crippen molar-refractivity contribution in [1.82, 2.24) is 4.90 Å². The summed E-state index contributed by atoms with van der Waals surface area (Å²) in [6.07, 6.45) is 0.172. The lowest BCUT2D eigenvalue weighted by atomic mass is 9.86. The summed E-state index contributed by atoms with van der Waals surface area (Å²) in [7, 11) is 0.